The van der Waals surface area contributed by atoms with Gasteiger partial charge in [-0.05, 0) is 6.92 Å². The average Bonchev–Trinajstić information content (AvgIpc) is 2.48. The molecule has 98 valence electrons. The van der Waals surface area contributed by atoms with E-state index in [0.717, 1.165) is 11.1 Å². The summed E-state index contributed by atoms with van der Waals surface area (Å²) in [7, 11) is 0. The summed E-state index contributed by atoms with van der Waals surface area (Å²) in [5.74, 6) is 0.591. The molecule has 0 spiro atoms. The van der Waals surface area contributed by atoms with Crippen LogP contribution in [0.3, 0.4) is 0 Å². The number of hydrogen-bond acceptors (Lipinski definition) is 2. The predicted octanol–water partition coefficient (Wildman–Crippen LogP) is 3.41. The van der Waals surface area contributed by atoms with Crippen LogP contribution in [-0.4, -0.2) is 9.97 Å². The molecule has 0 aliphatic heterocycles. The van der Waals surface area contributed by atoms with Crippen LogP contribution in [0.2, 0.25) is 0 Å². The van der Waals surface area contributed by atoms with Crippen LogP contribution in [0.1, 0.15) is 5.56 Å². The van der Waals surface area contributed by atoms with Crippen molar-refractivity contribution in [2.75, 3.05) is 0 Å². The number of rotatable bonds is 2. The van der Waals surface area contributed by atoms with E-state index in [1.807, 2.05) is 61.5 Å². The highest BCUT2D eigenvalue weighted by molar-refractivity contribution is 5.63. The normalized spacial score (nSPS) is 10.4. The van der Waals surface area contributed by atoms with Gasteiger partial charge in [0.05, 0.1) is 5.69 Å². The molecule has 0 amide bonds. The molecule has 0 saturated heterocycles. The van der Waals surface area contributed by atoms with E-state index in [9.17, 15) is 4.79 Å². The third kappa shape index (κ3) is 2.52. The van der Waals surface area contributed by atoms with E-state index in [2.05, 4.69) is 9.97 Å². The maximum absolute atomic E-state index is 11.8. The van der Waals surface area contributed by atoms with Gasteiger partial charge in [0.2, 0.25) is 0 Å². The van der Waals surface area contributed by atoms with Gasteiger partial charge in [0.1, 0.15) is 5.82 Å². The van der Waals surface area contributed by atoms with Crippen molar-refractivity contribution < 1.29 is 0 Å². The van der Waals surface area contributed by atoms with Crippen LogP contribution in [0.15, 0.2) is 65.5 Å². The van der Waals surface area contributed by atoms with E-state index in [4.69, 9.17) is 0 Å². The van der Waals surface area contributed by atoms with E-state index in [-0.39, 0.29) is 5.56 Å². The van der Waals surface area contributed by atoms with Crippen molar-refractivity contribution in [1.29, 1.82) is 0 Å². The van der Waals surface area contributed by atoms with Crippen LogP contribution in [0.5, 0.6) is 0 Å². The quantitative estimate of drug-likeness (QED) is 0.769. The molecule has 0 aliphatic rings. The summed E-state index contributed by atoms with van der Waals surface area (Å²) in [6.45, 7) is 2.03. The topological polar surface area (TPSA) is 45.8 Å². The predicted molar refractivity (Wildman–Crippen MR) is 80.5 cm³/mol. The molecule has 0 bridgehead atoms. The minimum atomic E-state index is -0.144. The van der Waals surface area contributed by atoms with Crippen LogP contribution >= 0.6 is 0 Å². The fourth-order valence-corrected chi connectivity index (χ4v) is 2.06. The fourth-order valence-electron chi connectivity index (χ4n) is 2.06. The van der Waals surface area contributed by atoms with Gasteiger partial charge in [-0.1, -0.05) is 60.2 Å². The molecule has 1 heterocycles. The molecule has 20 heavy (non-hydrogen) atoms. The standard InChI is InChI=1S/C17H14N2O/c1-12-7-9-13(10-8-12)15-11-16(20)19-17(18-15)14-5-3-2-4-6-14/h2-11H,1H3,(H,18,19,20). The van der Waals surface area contributed by atoms with Crippen LogP contribution in [0.25, 0.3) is 22.6 Å². The summed E-state index contributed by atoms with van der Waals surface area (Å²) in [5.41, 5.74) is 3.57. The highest BCUT2D eigenvalue weighted by Gasteiger charge is 2.05. The summed E-state index contributed by atoms with van der Waals surface area (Å²) in [4.78, 5) is 19.2. The molecule has 1 aromatic heterocycles. The first-order valence-corrected chi connectivity index (χ1v) is 6.46. The van der Waals surface area contributed by atoms with Crippen LogP contribution in [-0.2, 0) is 0 Å². The smallest absolute Gasteiger partial charge is 0.251 e. The molecule has 2 aromatic carbocycles. The number of nitrogens with zero attached hydrogens (tertiary/aromatic N) is 1. The first-order valence-electron chi connectivity index (χ1n) is 6.46. The lowest BCUT2D eigenvalue weighted by Crippen LogP contribution is -2.08. The maximum atomic E-state index is 11.8. The number of aryl methyl sites for hydroxylation is 1. The fraction of sp³-hybridized carbons (Fsp3) is 0.0588. The van der Waals surface area contributed by atoms with Crippen molar-refractivity contribution in [2.24, 2.45) is 0 Å². The monoisotopic (exact) mass is 262 g/mol. The summed E-state index contributed by atoms with van der Waals surface area (Å²) >= 11 is 0. The van der Waals surface area contributed by atoms with Crippen molar-refractivity contribution in [3.63, 3.8) is 0 Å². The Bertz CT molecular complexity index is 774. The molecule has 0 unspecified atom stereocenters. The Hall–Kier alpha value is -2.68. The first-order chi connectivity index (χ1) is 9.72. The Morgan fingerprint density at radius 3 is 2.30 bits per heavy atom. The van der Waals surface area contributed by atoms with Crippen molar-refractivity contribution in [2.45, 2.75) is 6.92 Å². The second-order valence-electron chi connectivity index (χ2n) is 4.71. The molecule has 0 saturated carbocycles. The second kappa shape index (κ2) is 5.13. The van der Waals surface area contributed by atoms with Gasteiger partial charge in [0, 0.05) is 17.2 Å². The Balaban J connectivity index is 2.12. The Labute approximate surface area is 117 Å². The minimum absolute atomic E-state index is 0.144. The molecule has 0 radical (unpaired) electrons. The van der Waals surface area contributed by atoms with Gasteiger partial charge < -0.3 is 4.98 Å². The second-order valence-corrected chi connectivity index (χ2v) is 4.71. The third-order valence-corrected chi connectivity index (χ3v) is 3.14. The third-order valence-electron chi connectivity index (χ3n) is 3.14. The van der Waals surface area contributed by atoms with E-state index >= 15 is 0 Å². The number of aromatic amines is 1. The van der Waals surface area contributed by atoms with Crippen LogP contribution in [0, 0.1) is 6.92 Å². The van der Waals surface area contributed by atoms with Gasteiger partial charge in [0.25, 0.3) is 5.56 Å². The number of H-pyrrole nitrogens is 1. The number of aromatic nitrogens is 2. The Morgan fingerprint density at radius 2 is 1.60 bits per heavy atom. The lowest BCUT2D eigenvalue weighted by atomic mass is 10.1. The largest absolute Gasteiger partial charge is 0.306 e. The molecule has 1 N–H and O–H groups in total. The summed E-state index contributed by atoms with van der Waals surface area (Å²) in [5, 5.41) is 0. The molecular formula is C17H14N2O. The van der Waals surface area contributed by atoms with Crippen molar-refractivity contribution in [3.8, 4) is 22.6 Å². The van der Waals surface area contributed by atoms with Gasteiger partial charge in [-0.25, -0.2) is 4.98 Å². The summed E-state index contributed by atoms with van der Waals surface area (Å²) < 4.78 is 0. The number of hydrogen-bond donors (Lipinski definition) is 1. The van der Waals surface area contributed by atoms with Gasteiger partial charge in [-0.3, -0.25) is 4.79 Å². The van der Waals surface area contributed by atoms with Gasteiger partial charge >= 0.3 is 0 Å². The lowest BCUT2D eigenvalue weighted by molar-refractivity contribution is 1.13. The van der Waals surface area contributed by atoms with Crippen LogP contribution in [0.4, 0.5) is 0 Å². The summed E-state index contributed by atoms with van der Waals surface area (Å²) in [6, 6.07) is 19.2. The molecule has 0 atom stereocenters. The van der Waals surface area contributed by atoms with Gasteiger partial charge in [-0.2, -0.15) is 0 Å². The number of benzene rings is 2. The van der Waals surface area contributed by atoms with Crippen molar-refractivity contribution in [1.82, 2.24) is 9.97 Å². The molecule has 3 rings (SSSR count). The zero-order valence-corrected chi connectivity index (χ0v) is 11.1. The highest BCUT2D eigenvalue weighted by Crippen LogP contribution is 2.19. The molecular weight excluding hydrogens is 248 g/mol. The number of nitrogens with one attached hydrogen (secondary N) is 1. The van der Waals surface area contributed by atoms with Gasteiger partial charge in [0.15, 0.2) is 0 Å². The SMILES string of the molecule is Cc1ccc(-c2cc(=O)[nH]c(-c3ccccc3)n2)cc1. The minimum Gasteiger partial charge on any atom is -0.306 e. The molecule has 0 fully saturated rings. The van der Waals surface area contributed by atoms with E-state index in [0.29, 0.717) is 11.5 Å². The summed E-state index contributed by atoms with van der Waals surface area (Å²) in [6.07, 6.45) is 0. The first kappa shape index (κ1) is 12.4. The van der Waals surface area contributed by atoms with Crippen molar-refractivity contribution in [3.05, 3.63) is 76.6 Å². The lowest BCUT2D eigenvalue weighted by Gasteiger charge is -2.05. The Morgan fingerprint density at radius 1 is 0.900 bits per heavy atom. The molecule has 3 nitrogen and oxygen atoms in total. The zero-order chi connectivity index (χ0) is 13.9. The highest BCUT2D eigenvalue weighted by atomic mass is 16.1. The molecule has 3 aromatic rings. The van der Waals surface area contributed by atoms with Crippen molar-refractivity contribution >= 4 is 0 Å². The van der Waals surface area contributed by atoms with Crippen LogP contribution < -0.4 is 5.56 Å². The van der Waals surface area contributed by atoms with E-state index in [1.54, 1.807) is 0 Å². The average molecular weight is 262 g/mol. The molecule has 0 aliphatic carbocycles. The molecule has 3 heteroatoms. The van der Waals surface area contributed by atoms with E-state index in [1.165, 1.54) is 11.6 Å². The Kier molecular flexibility index (Phi) is 3.17. The maximum Gasteiger partial charge on any atom is 0.251 e. The zero-order valence-electron chi connectivity index (χ0n) is 11.1. The van der Waals surface area contributed by atoms with E-state index < -0.39 is 0 Å². The van der Waals surface area contributed by atoms with Gasteiger partial charge in [-0.15, -0.1) is 0 Å².